The average molecular weight is 257 g/mol. The maximum atomic E-state index is 12.3. The molecule has 0 fully saturated rings. The fraction of sp³-hybridized carbons (Fsp3) is 0.143. The van der Waals surface area contributed by atoms with Crippen molar-refractivity contribution < 1.29 is 19.1 Å². The molecule has 96 valence electrons. The highest BCUT2D eigenvalue weighted by Gasteiger charge is 2.27. The lowest BCUT2D eigenvalue weighted by Gasteiger charge is -2.15. The van der Waals surface area contributed by atoms with Gasteiger partial charge >= 0.3 is 5.97 Å². The third-order valence-corrected chi connectivity index (χ3v) is 3.16. The maximum Gasteiger partial charge on any atom is 0.371 e. The van der Waals surface area contributed by atoms with Crippen molar-refractivity contribution in [1.82, 2.24) is 0 Å². The van der Waals surface area contributed by atoms with Crippen LogP contribution in [0, 0.1) is 0 Å². The van der Waals surface area contributed by atoms with E-state index in [0.717, 1.165) is 17.7 Å². The van der Waals surface area contributed by atoms with Crippen LogP contribution in [0.5, 0.6) is 0 Å². The van der Waals surface area contributed by atoms with Crippen LogP contribution in [-0.2, 0) is 6.42 Å². The van der Waals surface area contributed by atoms with E-state index in [1.54, 1.807) is 4.90 Å². The summed E-state index contributed by atoms with van der Waals surface area (Å²) < 4.78 is 5.04. The highest BCUT2D eigenvalue weighted by molar-refractivity contribution is 6.06. The Hall–Kier alpha value is -2.56. The first-order valence-corrected chi connectivity index (χ1v) is 5.90. The number of amides is 1. The van der Waals surface area contributed by atoms with Crippen molar-refractivity contribution in [2.45, 2.75) is 6.42 Å². The van der Waals surface area contributed by atoms with Gasteiger partial charge in [0.15, 0.2) is 5.76 Å². The van der Waals surface area contributed by atoms with Gasteiger partial charge in [0.1, 0.15) is 0 Å². The maximum absolute atomic E-state index is 12.3. The Morgan fingerprint density at radius 3 is 2.58 bits per heavy atom. The first-order valence-electron chi connectivity index (χ1n) is 5.90. The number of para-hydroxylation sites is 1. The minimum absolute atomic E-state index is 0.0501. The van der Waals surface area contributed by atoms with E-state index in [-0.39, 0.29) is 17.4 Å². The fourth-order valence-electron chi connectivity index (χ4n) is 2.25. The van der Waals surface area contributed by atoms with Crippen molar-refractivity contribution in [3.63, 3.8) is 0 Å². The number of furan rings is 1. The molecule has 0 unspecified atom stereocenters. The molecule has 1 aliphatic rings. The van der Waals surface area contributed by atoms with E-state index in [0.29, 0.717) is 6.54 Å². The van der Waals surface area contributed by atoms with Crippen LogP contribution in [0.15, 0.2) is 40.8 Å². The number of carboxylic acids is 1. The topological polar surface area (TPSA) is 70.8 Å². The number of carbonyl (C=O) groups is 2. The van der Waals surface area contributed by atoms with Crippen molar-refractivity contribution in [3.8, 4) is 0 Å². The molecule has 2 aromatic rings. The molecule has 1 aromatic heterocycles. The molecule has 0 bridgehead atoms. The molecule has 19 heavy (non-hydrogen) atoms. The molecule has 1 amide bonds. The van der Waals surface area contributed by atoms with E-state index >= 15 is 0 Å². The molecule has 1 N–H and O–H groups in total. The molecule has 0 radical (unpaired) electrons. The van der Waals surface area contributed by atoms with E-state index in [1.165, 1.54) is 12.1 Å². The van der Waals surface area contributed by atoms with Crippen LogP contribution in [0.25, 0.3) is 0 Å². The second-order valence-electron chi connectivity index (χ2n) is 4.30. The fourth-order valence-corrected chi connectivity index (χ4v) is 2.25. The van der Waals surface area contributed by atoms with E-state index in [4.69, 9.17) is 9.52 Å². The molecule has 3 rings (SSSR count). The summed E-state index contributed by atoms with van der Waals surface area (Å²) in [4.78, 5) is 24.6. The Morgan fingerprint density at radius 1 is 1.11 bits per heavy atom. The van der Waals surface area contributed by atoms with Gasteiger partial charge in [-0.1, -0.05) is 18.2 Å². The number of rotatable bonds is 2. The molecule has 0 saturated carbocycles. The second-order valence-corrected chi connectivity index (χ2v) is 4.30. The molecule has 5 heteroatoms. The van der Waals surface area contributed by atoms with Gasteiger partial charge < -0.3 is 14.4 Å². The monoisotopic (exact) mass is 257 g/mol. The van der Waals surface area contributed by atoms with E-state index in [9.17, 15) is 9.59 Å². The Kier molecular flexibility index (Phi) is 2.59. The normalized spacial score (nSPS) is 13.4. The SMILES string of the molecule is O=C(O)c1ccc(C(=O)N2CCc3ccccc32)o1. The standard InChI is InChI=1S/C14H11NO4/c16-13(11-5-6-12(19-11)14(17)18)15-8-7-9-3-1-2-4-10(9)15/h1-6H,7-8H2,(H,17,18). The quantitative estimate of drug-likeness (QED) is 0.895. The molecule has 0 saturated heterocycles. The number of nitrogens with zero attached hydrogens (tertiary/aromatic N) is 1. The first-order chi connectivity index (χ1) is 9.16. The minimum Gasteiger partial charge on any atom is -0.475 e. The molecule has 2 heterocycles. The average Bonchev–Trinajstić information content (AvgIpc) is 3.05. The predicted octanol–water partition coefficient (Wildman–Crippen LogP) is 2.18. The highest BCUT2D eigenvalue weighted by Crippen LogP contribution is 2.29. The largest absolute Gasteiger partial charge is 0.475 e. The summed E-state index contributed by atoms with van der Waals surface area (Å²) in [7, 11) is 0. The molecule has 0 spiro atoms. The smallest absolute Gasteiger partial charge is 0.371 e. The van der Waals surface area contributed by atoms with Gasteiger partial charge in [-0.25, -0.2) is 4.79 Å². The van der Waals surface area contributed by atoms with Crippen molar-refractivity contribution in [3.05, 3.63) is 53.5 Å². The number of aromatic carboxylic acids is 1. The molecular formula is C14H11NO4. The number of anilines is 1. The van der Waals surface area contributed by atoms with Crippen LogP contribution in [0.1, 0.15) is 26.7 Å². The lowest BCUT2D eigenvalue weighted by molar-refractivity contribution is 0.0660. The lowest BCUT2D eigenvalue weighted by atomic mass is 10.2. The van der Waals surface area contributed by atoms with Crippen LogP contribution in [0.3, 0.4) is 0 Å². The van der Waals surface area contributed by atoms with Crippen LogP contribution >= 0.6 is 0 Å². The molecular weight excluding hydrogens is 246 g/mol. The summed E-state index contributed by atoms with van der Waals surface area (Å²) in [5.74, 6) is -1.66. The molecule has 0 atom stereocenters. The van der Waals surface area contributed by atoms with Gasteiger partial charge in [-0.15, -0.1) is 0 Å². The highest BCUT2D eigenvalue weighted by atomic mass is 16.4. The van der Waals surface area contributed by atoms with Crippen LogP contribution < -0.4 is 4.90 Å². The van der Waals surface area contributed by atoms with Crippen LogP contribution in [0.4, 0.5) is 5.69 Å². The third kappa shape index (κ3) is 1.89. The Labute approximate surface area is 109 Å². The van der Waals surface area contributed by atoms with E-state index < -0.39 is 5.97 Å². The summed E-state index contributed by atoms with van der Waals surface area (Å²) in [5.41, 5.74) is 1.97. The van der Waals surface area contributed by atoms with E-state index in [1.807, 2.05) is 24.3 Å². The summed E-state index contributed by atoms with van der Waals surface area (Å²) in [6, 6.07) is 10.3. The Balaban J connectivity index is 1.91. The number of hydrogen-bond acceptors (Lipinski definition) is 3. The summed E-state index contributed by atoms with van der Waals surface area (Å²) >= 11 is 0. The first kappa shape index (κ1) is 11.5. The summed E-state index contributed by atoms with van der Waals surface area (Å²) in [6.07, 6.45) is 0.800. The Bertz CT molecular complexity index is 659. The summed E-state index contributed by atoms with van der Waals surface area (Å²) in [5, 5.41) is 8.78. The third-order valence-electron chi connectivity index (χ3n) is 3.16. The predicted molar refractivity (Wildman–Crippen MR) is 67.5 cm³/mol. The van der Waals surface area contributed by atoms with Gasteiger partial charge in [0.2, 0.25) is 5.76 Å². The van der Waals surface area contributed by atoms with Gasteiger partial charge in [0, 0.05) is 12.2 Å². The van der Waals surface area contributed by atoms with Crippen molar-refractivity contribution in [2.24, 2.45) is 0 Å². The van der Waals surface area contributed by atoms with Gasteiger partial charge in [0.05, 0.1) is 0 Å². The molecule has 0 aliphatic carbocycles. The molecule has 1 aromatic carbocycles. The zero-order valence-corrected chi connectivity index (χ0v) is 10.00. The molecule has 5 nitrogen and oxygen atoms in total. The lowest BCUT2D eigenvalue weighted by Crippen LogP contribution is -2.28. The zero-order valence-electron chi connectivity index (χ0n) is 10.00. The van der Waals surface area contributed by atoms with Crippen LogP contribution in [-0.4, -0.2) is 23.5 Å². The molecule has 1 aliphatic heterocycles. The summed E-state index contributed by atoms with van der Waals surface area (Å²) in [6.45, 7) is 0.585. The van der Waals surface area contributed by atoms with Crippen molar-refractivity contribution >= 4 is 17.6 Å². The number of carboxylic acid groups (broad SMARTS) is 1. The van der Waals surface area contributed by atoms with Gasteiger partial charge in [-0.05, 0) is 30.2 Å². The van der Waals surface area contributed by atoms with Crippen LogP contribution in [0.2, 0.25) is 0 Å². The van der Waals surface area contributed by atoms with Gasteiger partial charge in [0.25, 0.3) is 5.91 Å². The van der Waals surface area contributed by atoms with Gasteiger partial charge in [-0.3, -0.25) is 4.79 Å². The number of carbonyl (C=O) groups excluding carboxylic acids is 1. The minimum atomic E-state index is -1.18. The van der Waals surface area contributed by atoms with Crippen molar-refractivity contribution in [1.29, 1.82) is 0 Å². The number of benzene rings is 1. The zero-order chi connectivity index (χ0) is 13.4. The Morgan fingerprint density at radius 2 is 1.84 bits per heavy atom. The van der Waals surface area contributed by atoms with Gasteiger partial charge in [-0.2, -0.15) is 0 Å². The number of hydrogen-bond donors (Lipinski definition) is 1. The van der Waals surface area contributed by atoms with E-state index in [2.05, 4.69) is 0 Å². The van der Waals surface area contributed by atoms with Crippen molar-refractivity contribution in [2.75, 3.05) is 11.4 Å². The second kappa shape index (κ2) is 4.28. The number of fused-ring (bicyclic) bond motifs is 1.